The van der Waals surface area contributed by atoms with Crippen molar-refractivity contribution in [2.75, 3.05) is 10.2 Å². The molecule has 10 heteroatoms. The summed E-state index contributed by atoms with van der Waals surface area (Å²) in [7, 11) is 0. The summed E-state index contributed by atoms with van der Waals surface area (Å²) in [4.78, 5) is 34.2. The fourth-order valence-corrected chi connectivity index (χ4v) is 3.99. The highest BCUT2D eigenvalue weighted by molar-refractivity contribution is 5.74. The third-order valence-electron chi connectivity index (χ3n) is 5.78. The number of carbonyl (C=O) groups is 1. The Morgan fingerprint density at radius 3 is 1.98 bits per heavy atom. The molecule has 4 rings (SSSR count). The topological polar surface area (TPSA) is 123 Å². The van der Waals surface area contributed by atoms with Gasteiger partial charge in [-0.05, 0) is 49.6 Å². The molecule has 1 aromatic heterocycles. The molecule has 0 radical (unpaired) electrons. The lowest BCUT2D eigenvalue weighted by molar-refractivity contribution is -0.383. The van der Waals surface area contributed by atoms with Crippen LogP contribution in [0.4, 0.5) is 27.8 Å². The molecule has 0 aliphatic heterocycles. The van der Waals surface area contributed by atoms with E-state index in [1.54, 1.807) is 24.3 Å². The number of nitro groups is 1. The van der Waals surface area contributed by atoms with Gasteiger partial charge in [0.1, 0.15) is 12.9 Å². The minimum atomic E-state index is -0.505. The van der Waals surface area contributed by atoms with E-state index >= 15 is 0 Å². The van der Waals surface area contributed by atoms with Gasteiger partial charge in [-0.25, -0.2) is 14.8 Å². The van der Waals surface area contributed by atoms with Crippen LogP contribution < -0.4 is 15.5 Å². The second-order valence-electron chi connectivity index (χ2n) is 10.3. The van der Waals surface area contributed by atoms with Crippen LogP contribution in [0.5, 0.6) is 0 Å². The molecule has 1 heterocycles. The zero-order chi connectivity index (χ0) is 28.5. The highest BCUT2D eigenvalue weighted by atomic mass is 16.6. The molecule has 0 atom stereocenters. The predicted octanol–water partition coefficient (Wildman–Crippen LogP) is 6.36. The summed E-state index contributed by atoms with van der Waals surface area (Å²) in [5.41, 5.74) is 2.73. The first-order valence-electron chi connectivity index (χ1n) is 12.8. The Morgan fingerprint density at radius 2 is 1.45 bits per heavy atom. The minimum absolute atomic E-state index is 0.0784. The van der Waals surface area contributed by atoms with Crippen LogP contribution in [0.25, 0.3) is 0 Å². The third kappa shape index (κ3) is 8.00. The van der Waals surface area contributed by atoms with Crippen molar-refractivity contribution in [3.05, 3.63) is 118 Å². The SMILES string of the molecule is CC(C)(C)NC(=O)OCc1ccc(Nc2ncnc(N(Cc3ccccc3)Cc3ccccc3)c2[N+](=O)[O-])cc1. The molecule has 4 aromatic rings. The van der Waals surface area contributed by atoms with Crippen molar-refractivity contribution < 1.29 is 14.5 Å². The van der Waals surface area contributed by atoms with Gasteiger partial charge in [0.05, 0.1) is 4.92 Å². The van der Waals surface area contributed by atoms with Gasteiger partial charge in [-0.1, -0.05) is 72.8 Å². The summed E-state index contributed by atoms with van der Waals surface area (Å²) in [6.45, 7) is 6.54. The van der Waals surface area contributed by atoms with Crippen molar-refractivity contribution in [2.24, 2.45) is 0 Å². The second-order valence-corrected chi connectivity index (χ2v) is 10.3. The fraction of sp³-hybridized carbons (Fsp3) is 0.233. The fourth-order valence-electron chi connectivity index (χ4n) is 3.99. The number of carbonyl (C=O) groups excluding carboxylic acids is 1. The van der Waals surface area contributed by atoms with Gasteiger partial charge in [0.2, 0.25) is 11.6 Å². The predicted molar refractivity (Wildman–Crippen MR) is 154 cm³/mol. The quantitative estimate of drug-likeness (QED) is 0.176. The molecule has 0 saturated heterocycles. The van der Waals surface area contributed by atoms with Crippen molar-refractivity contribution in [2.45, 2.75) is 46.0 Å². The van der Waals surface area contributed by atoms with E-state index in [9.17, 15) is 14.9 Å². The Bertz CT molecular complexity index is 1380. The van der Waals surface area contributed by atoms with E-state index in [1.807, 2.05) is 86.3 Å². The van der Waals surface area contributed by atoms with Crippen LogP contribution in [0.15, 0.2) is 91.3 Å². The van der Waals surface area contributed by atoms with E-state index in [2.05, 4.69) is 20.6 Å². The largest absolute Gasteiger partial charge is 0.445 e. The van der Waals surface area contributed by atoms with E-state index in [-0.39, 0.29) is 23.9 Å². The van der Waals surface area contributed by atoms with Gasteiger partial charge in [-0.2, -0.15) is 0 Å². The van der Waals surface area contributed by atoms with E-state index in [0.717, 1.165) is 16.7 Å². The standard InChI is InChI=1S/C30H32N6O4/c1-30(2,3)34-29(37)40-20-24-14-16-25(17-15-24)33-27-26(36(38)39)28(32-21-31-27)35(18-22-10-6-4-7-11-22)19-23-12-8-5-9-13-23/h4-17,21H,18-20H2,1-3H3,(H,34,37)(H,31,32,33). The number of aromatic nitrogens is 2. The van der Waals surface area contributed by atoms with Crippen molar-refractivity contribution in [1.82, 2.24) is 15.3 Å². The number of rotatable bonds is 10. The smallest absolute Gasteiger partial charge is 0.407 e. The molecule has 206 valence electrons. The van der Waals surface area contributed by atoms with Crippen LogP contribution in [0, 0.1) is 10.1 Å². The number of ether oxygens (including phenoxy) is 1. The monoisotopic (exact) mass is 540 g/mol. The number of alkyl carbamates (subject to hydrolysis) is 1. The third-order valence-corrected chi connectivity index (χ3v) is 5.78. The van der Waals surface area contributed by atoms with Crippen LogP contribution >= 0.6 is 0 Å². The van der Waals surface area contributed by atoms with Crippen LogP contribution in [0.3, 0.4) is 0 Å². The number of nitrogens with one attached hydrogen (secondary N) is 2. The molecule has 0 saturated carbocycles. The molecule has 3 aromatic carbocycles. The molecular weight excluding hydrogens is 508 g/mol. The Kier molecular flexibility index (Phi) is 8.90. The normalized spacial score (nSPS) is 11.0. The van der Waals surface area contributed by atoms with Crippen LogP contribution in [-0.4, -0.2) is 26.5 Å². The van der Waals surface area contributed by atoms with Gasteiger partial charge in [0, 0.05) is 24.3 Å². The first-order chi connectivity index (χ1) is 19.2. The average molecular weight is 541 g/mol. The number of anilines is 3. The maximum atomic E-state index is 12.3. The number of amides is 1. The number of nitrogens with zero attached hydrogens (tertiary/aromatic N) is 4. The van der Waals surface area contributed by atoms with Crippen LogP contribution in [0.1, 0.15) is 37.5 Å². The first kappa shape index (κ1) is 28.0. The molecule has 0 fully saturated rings. The minimum Gasteiger partial charge on any atom is -0.445 e. The van der Waals surface area contributed by atoms with Crippen molar-refractivity contribution in [3.8, 4) is 0 Å². The molecule has 0 spiro atoms. The van der Waals surface area contributed by atoms with Crippen molar-refractivity contribution >= 4 is 29.1 Å². The zero-order valence-corrected chi connectivity index (χ0v) is 22.7. The van der Waals surface area contributed by atoms with E-state index in [4.69, 9.17) is 4.74 Å². The number of hydrogen-bond acceptors (Lipinski definition) is 8. The zero-order valence-electron chi connectivity index (χ0n) is 22.7. The Labute approximate surface area is 233 Å². The first-order valence-corrected chi connectivity index (χ1v) is 12.8. The summed E-state index contributed by atoms with van der Waals surface area (Å²) >= 11 is 0. The highest BCUT2D eigenvalue weighted by Gasteiger charge is 2.27. The van der Waals surface area contributed by atoms with Gasteiger partial charge in [0.25, 0.3) is 0 Å². The Morgan fingerprint density at radius 1 is 0.875 bits per heavy atom. The molecule has 10 nitrogen and oxygen atoms in total. The molecular formula is C30H32N6O4. The maximum Gasteiger partial charge on any atom is 0.407 e. The summed E-state index contributed by atoms with van der Waals surface area (Å²) in [6.07, 6.45) is 0.818. The van der Waals surface area contributed by atoms with E-state index < -0.39 is 16.6 Å². The second kappa shape index (κ2) is 12.7. The highest BCUT2D eigenvalue weighted by Crippen LogP contribution is 2.35. The number of benzene rings is 3. The molecule has 0 bridgehead atoms. The molecule has 0 unspecified atom stereocenters. The van der Waals surface area contributed by atoms with Crippen LogP contribution in [-0.2, 0) is 24.4 Å². The molecule has 0 aliphatic carbocycles. The van der Waals surface area contributed by atoms with Crippen molar-refractivity contribution in [1.29, 1.82) is 0 Å². The van der Waals surface area contributed by atoms with Gasteiger partial charge in [-0.3, -0.25) is 10.1 Å². The Hall–Kier alpha value is -4.99. The van der Waals surface area contributed by atoms with Crippen molar-refractivity contribution in [3.63, 3.8) is 0 Å². The lowest BCUT2D eigenvalue weighted by atomic mass is 10.1. The summed E-state index contributed by atoms with van der Waals surface area (Å²) in [6, 6.07) is 26.5. The van der Waals surface area contributed by atoms with Gasteiger partial charge < -0.3 is 20.3 Å². The lowest BCUT2D eigenvalue weighted by Crippen LogP contribution is -2.40. The van der Waals surface area contributed by atoms with Gasteiger partial charge in [0.15, 0.2) is 0 Å². The number of hydrogen-bond donors (Lipinski definition) is 2. The van der Waals surface area contributed by atoms with E-state index in [1.165, 1.54) is 6.33 Å². The molecule has 0 aliphatic rings. The molecule has 40 heavy (non-hydrogen) atoms. The average Bonchev–Trinajstić information content (AvgIpc) is 2.92. The lowest BCUT2D eigenvalue weighted by Gasteiger charge is -2.24. The summed E-state index contributed by atoms with van der Waals surface area (Å²) < 4.78 is 5.27. The summed E-state index contributed by atoms with van der Waals surface area (Å²) in [5.74, 6) is 0.291. The van der Waals surface area contributed by atoms with Gasteiger partial charge >= 0.3 is 11.8 Å². The molecule has 2 N–H and O–H groups in total. The van der Waals surface area contributed by atoms with Crippen LogP contribution in [0.2, 0.25) is 0 Å². The molecule has 1 amide bonds. The van der Waals surface area contributed by atoms with E-state index in [0.29, 0.717) is 18.8 Å². The Balaban J connectivity index is 1.56. The maximum absolute atomic E-state index is 12.3. The summed E-state index contributed by atoms with van der Waals surface area (Å²) in [5, 5.41) is 18.1. The van der Waals surface area contributed by atoms with Gasteiger partial charge in [-0.15, -0.1) is 0 Å².